The van der Waals surface area contributed by atoms with E-state index in [0.29, 0.717) is 34.2 Å². The Kier molecular flexibility index (Phi) is 6.12. The quantitative estimate of drug-likeness (QED) is 0.323. The molecule has 0 unspecified atom stereocenters. The highest BCUT2D eigenvalue weighted by Gasteiger charge is 2.32. The third-order valence-corrected chi connectivity index (χ3v) is 7.20. The number of anilines is 1. The first-order valence-electron chi connectivity index (χ1n) is 12.1. The van der Waals surface area contributed by atoms with Gasteiger partial charge in [-0.1, -0.05) is 41.9 Å². The number of carbonyl (C=O) groups is 2. The van der Waals surface area contributed by atoms with Crippen molar-refractivity contribution < 1.29 is 14.7 Å². The normalized spacial score (nSPS) is 13.4. The predicted molar refractivity (Wildman–Crippen MR) is 144 cm³/mol. The van der Waals surface area contributed by atoms with Gasteiger partial charge in [0.15, 0.2) is 5.82 Å². The van der Waals surface area contributed by atoms with E-state index < -0.39 is 11.4 Å². The number of carboxylic acids is 1. The molecule has 8 heteroatoms. The first-order chi connectivity index (χ1) is 17.6. The van der Waals surface area contributed by atoms with Crippen LogP contribution in [0.4, 0.5) is 5.82 Å². The Bertz CT molecular complexity index is 1540. The molecule has 7 nitrogen and oxygen atoms in total. The van der Waals surface area contributed by atoms with Gasteiger partial charge in [0.05, 0.1) is 12.0 Å². The highest BCUT2D eigenvalue weighted by molar-refractivity contribution is 6.32. The van der Waals surface area contributed by atoms with Crippen LogP contribution in [0.1, 0.15) is 55.2 Å². The van der Waals surface area contributed by atoms with Crippen molar-refractivity contribution in [3.63, 3.8) is 0 Å². The molecular weight excluding hydrogens is 488 g/mol. The Morgan fingerprint density at radius 3 is 2.51 bits per heavy atom. The molecule has 2 aromatic heterocycles. The van der Waals surface area contributed by atoms with E-state index in [1.807, 2.05) is 53.2 Å². The average Bonchev–Trinajstić information content (AvgIpc) is 3.49. The lowest BCUT2D eigenvalue weighted by atomic mass is 9.84. The number of carboxylic acid groups (broad SMARTS) is 1. The molecule has 188 valence electrons. The van der Waals surface area contributed by atoms with Crippen LogP contribution in [0.5, 0.6) is 0 Å². The first-order valence-corrected chi connectivity index (χ1v) is 12.4. The molecule has 1 aliphatic heterocycles. The van der Waals surface area contributed by atoms with Gasteiger partial charge in [-0.05, 0) is 74.2 Å². The number of aromatic nitrogens is 3. The third kappa shape index (κ3) is 4.29. The SMILES string of the molecule is CC(C)n1ccnc1-c1cccc(N2Cc3ccc(-c4ccc(C(C)(C)C(=O)O)c(Cl)c4)cc3C2=O)n1. The van der Waals surface area contributed by atoms with Crippen molar-refractivity contribution >= 4 is 29.3 Å². The highest BCUT2D eigenvalue weighted by atomic mass is 35.5. The van der Waals surface area contributed by atoms with Crippen molar-refractivity contribution in [1.82, 2.24) is 14.5 Å². The van der Waals surface area contributed by atoms with Gasteiger partial charge in [0.2, 0.25) is 0 Å². The van der Waals surface area contributed by atoms with E-state index >= 15 is 0 Å². The number of pyridine rings is 1. The summed E-state index contributed by atoms with van der Waals surface area (Å²) in [5.41, 5.74) is 3.30. The molecule has 0 atom stereocenters. The van der Waals surface area contributed by atoms with Gasteiger partial charge < -0.3 is 9.67 Å². The molecule has 37 heavy (non-hydrogen) atoms. The Hall–Kier alpha value is -3.97. The summed E-state index contributed by atoms with van der Waals surface area (Å²) in [6.07, 6.45) is 3.68. The minimum absolute atomic E-state index is 0.122. The maximum Gasteiger partial charge on any atom is 0.313 e. The molecule has 0 aliphatic carbocycles. The summed E-state index contributed by atoms with van der Waals surface area (Å²) in [5, 5.41) is 9.93. The van der Waals surface area contributed by atoms with Crippen molar-refractivity contribution in [3.8, 4) is 22.6 Å². The lowest BCUT2D eigenvalue weighted by molar-refractivity contribution is -0.142. The maximum atomic E-state index is 13.5. The number of carbonyl (C=O) groups excluding carboxylic acids is 1. The fourth-order valence-electron chi connectivity index (χ4n) is 4.61. The van der Waals surface area contributed by atoms with Crippen LogP contribution < -0.4 is 4.90 Å². The number of hydrogen-bond donors (Lipinski definition) is 1. The molecule has 2 aromatic carbocycles. The molecule has 0 radical (unpaired) electrons. The number of nitrogens with zero attached hydrogens (tertiary/aromatic N) is 4. The molecular formula is C29H27ClN4O3. The lowest BCUT2D eigenvalue weighted by Crippen LogP contribution is -2.28. The Morgan fingerprint density at radius 1 is 1.08 bits per heavy atom. The molecule has 3 heterocycles. The van der Waals surface area contributed by atoms with Crippen molar-refractivity contribution in [3.05, 3.63) is 88.7 Å². The molecule has 1 N–H and O–H groups in total. The zero-order chi connectivity index (χ0) is 26.5. The maximum absolute atomic E-state index is 13.5. The lowest BCUT2D eigenvalue weighted by Gasteiger charge is -2.21. The number of fused-ring (bicyclic) bond motifs is 1. The van der Waals surface area contributed by atoms with Crippen LogP contribution in [0.2, 0.25) is 5.02 Å². The van der Waals surface area contributed by atoms with Gasteiger partial charge in [-0.25, -0.2) is 9.97 Å². The summed E-state index contributed by atoms with van der Waals surface area (Å²) in [6, 6.07) is 16.9. The summed E-state index contributed by atoms with van der Waals surface area (Å²) in [6.45, 7) is 7.84. The van der Waals surface area contributed by atoms with Gasteiger partial charge in [-0.3, -0.25) is 14.5 Å². The van der Waals surface area contributed by atoms with Crippen molar-refractivity contribution in [2.75, 3.05) is 4.90 Å². The summed E-state index contributed by atoms with van der Waals surface area (Å²) in [4.78, 5) is 36.0. The van der Waals surface area contributed by atoms with Gasteiger partial charge in [0.25, 0.3) is 5.91 Å². The molecule has 1 aliphatic rings. The van der Waals surface area contributed by atoms with Crippen LogP contribution >= 0.6 is 11.6 Å². The Labute approximate surface area is 220 Å². The summed E-state index contributed by atoms with van der Waals surface area (Å²) >= 11 is 6.49. The number of aliphatic carboxylic acids is 1. The van der Waals surface area contributed by atoms with Gasteiger partial charge in [0, 0.05) is 29.0 Å². The fourth-order valence-corrected chi connectivity index (χ4v) is 5.03. The molecule has 0 saturated carbocycles. The van der Waals surface area contributed by atoms with Crippen LogP contribution in [0.25, 0.3) is 22.6 Å². The fraction of sp³-hybridized carbons (Fsp3) is 0.241. The summed E-state index contributed by atoms with van der Waals surface area (Å²) in [7, 11) is 0. The number of benzene rings is 2. The number of hydrogen-bond acceptors (Lipinski definition) is 4. The molecule has 0 fully saturated rings. The predicted octanol–water partition coefficient (Wildman–Crippen LogP) is 6.37. The molecule has 0 bridgehead atoms. The number of imidazole rings is 1. The molecule has 1 amide bonds. The van der Waals surface area contributed by atoms with E-state index in [1.54, 1.807) is 37.1 Å². The molecule has 0 spiro atoms. The summed E-state index contributed by atoms with van der Waals surface area (Å²) < 4.78 is 2.05. The Balaban J connectivity index is 1.45. The van der Waals surface area contributed by atoms with Crippen LogP contribution in [-0.4, -0.2) is 31.5 Å². The second-order valence-corrected chi connectivity index (χ2v) is 10.4. The van der Waals surface area contributed by atoms with Gasteiger partial charge in [-0.15, -0.1) is 0 Å². The van der Waals surface area contributed by atoms with Crippen LogP contribution in [0.3, 0.4) is 0 Å². The molecule has 5 rings (SSSR count). The standard InChI is InChI=1S/C29H27ClN4O3/c1-17(2)33-13-12-31-26(33)24-6-5-7-25(32-24)34-16-20-9-8-18(14-21(20)27(34)35)19-10-11-22(23(30)15-19)29(3,4)28(36)37/h5-15,17H,16H2,1-4H3,(H,36,37). The second kappa shape index (κ2) is 9.16. The van der Waals surface area contributed by atoms with E-state index in [4.69, 9.17) is 16.6 Å². The highest BCUT2D eigenvalue weighted by Crippen LogP contribution is 2.36. The van der Waals surface area contributed by atoms with Crippen molar-refractivity contribution in [2.24, 2.45) is 0 Å². The van der Waals surface area contributed by atoms with Crippen molar-refractivity contribution in [1.29, 1.82) is 0 Å². The van der Waals surface area contributed by atoms with Crippen LogP contribution in [-0.2, 0) is 16.8 Å². The average molecular weight is 515 g/mol. The third-order valence-electron chi connectivity index (χ3n) is 6.89. The van der Waals surface area contributed by atoms with Gasteiger partial charge >= 0.3 is 5.97 Å². The largest absolute Gasteiger partial charge is 0.481 e. The van der Waals surface area contributed by atoms with Gasteiger partial charge in [0.1, 0.15) is 11.5 Å². The summed E-state index contributed by atoms with van der Waals surface area (Å²) in [5.74, 6) is 0.260. The smallest absolute Gasteiger partial charge is 0.313 e. The van der Waals surface area contributed by atoms with Gasteiger partial charge in [-0.2, -0.15) is 0 Å². The second-order valence-electron chi connectivity index (χ2n) is 10.0. The van der Waals surface area contributed by atoms with E-state index in [0.717, 1.165) is 22.5 Å². The molecule has 0 saturated heterocycles. The Morgan fingerprint density at radius 2 is 1.81 bits per heavy atom. The van der Waals surface area contributed by atoms with E-state index in [9.17, 15) is 14.7 Å². The van der Waals surface area contributed by atoms with E-state index in [-0.39, 0.29) is 11.9 Å². The van der Waals surface area contributed by atoms with E-state index in [2.05, 4.69) is 18.8 Å². The molecule has 4 aromatic rings. The number of halogens is 1. The van der Waals surface area contributed by atoms with Crippen molar-refractivity contribution in [2.45, 2.75) is 45.7 Å². The first kappa shape index (κ1) is 24.7. The topological polar surface area (TPSA) is 88.3 Å². The van der Waals surface area contributed by atoms with Crippen LogP contribution in [0, 0.1) is 0 Å². The zero-order valence-corrected chi connectivity index (χ0v) is 21.8. The number of rotatable bonds is 6. The van der Waals surface area contributed by atoms with E-state index in [1.165, 1.54) is 0 Å². The number of amides is 1. The zero-order valence-electron chi connectivity index (χ0n) is 21.1. The monoisotopic (exact) mass is 514 g/mol. The van der Waals surface area contributed by atoms with Crippen LogP contribution in [0.15, 0.2) is 67.0 Å². The minimum Gasteiger partial charge on any atom is -0.481 e. The minimum atomic E-state index is -1.11.